The van der Waals surface area contributed by atoms with Gasteiger partial charge in [-0.15, -0.1) is 0 Å². The molecule has 1 saturated carbocycles. The van der Waals surface area contributed by atoms with E-state index in [0.717, 1.165) is 29.2 Å². The predicted octanol–water partition coefficient (Wildman–Crippen LogP) is 5.66. The summed E-state index contributed by atoms with van der Waals surface area (Å²) in [5, 5.41) is 16.3. The monoisotopic (exact) mass is 518 g/mol. The molecule has 37 heavy (non-hydrogen) atoms. The van der Waals surface area contributed by atoms with Crippen molar-refractivity contribution < 1.29 is 19.0 Å². The molecule has 192 valence electrons. The summed E-state index contributed by atoms with van der Waals surface area (Å²) in [6.45, 7) is 2.76. The molecule has 0 aromatic heterocycles. The number of carbonyl (C=O) groups excluding carboxylic acids is 1. The van der Waals surface area contributed by atoms with E-state index in [1.807, 2.05) is 37.3 Å². The molecule has 3 aliphatic rings. The summed E-state index contributed by atoms with van der Waals surface area (Å²) >= 11 is 1.42. The second kappa shape index (κ2) is 11.2. The second-order valence-corrected chi connectivity index (χ2v) is 10.2. The highest BCUT2D eigenvalue weighted by Gasteiger charge is 2.37. The Morgan fingerprint density at radius 3 is 2.68 bits per heavy atom. The minimum atomic E-state index is -0.434. The van der Waals surface area contributed by atoms with Gasteiger partial charge >= 0.3 is 0 Å². The van der Waals surface area contributed by atoms with Crippen molar-refractivity contribution in [2.45, 2.75) is 39.0 Å². The number of ether oxygens (including phenoxy) is 3. The SMILES string of the molecule is COc1cc(C=C2C(=N)N3N=C(C4CCCCC4)SC3=NC2=O)ccc1OCCOc1cccc(C)c1. The molecule has 2 aliphatic heterocycles. The smallest absolute Gasteiger partial charge is 0.283 e. The van der Waals surface area contributed by atoms with Gasteiger partial charge in [0.15, 0.2) is 17.3 Å². The third-order valence-electron chi connectivity index (χ3n) is 6.52. The Morgan fingerprint density at radius 1 is 1.08 bits per heavy atom. The highest BCUT2D eigenvalue weighted by Crippen LogP contribution is 2.36. The average molecular weight is 519 g/mol. The molecular weight excluding hydrogens is 488 g/mol. The maximum atomic E-state index is 12.8. The molecular formula is C28H30N4O4S. The number of thioether (sulfide) groups is 1. The molecule has 1 aliphatic carbocycles. The van der Waals surface area contributed by atoms with Crippen molar-refractivity contribution in [1.82, 2.24) is 5.01 Å². The number of aliphatic imine (C=N–C) groups is 1. The Hall–Kier alpha value is -3.59. The Balaban J connectivity index is 1.26. The van der Waals surface area contributed by atoms with E-state index in [9.17, 15) is 4.79 Å². The van der Waals surface area contributed by atoms with Crippen molar-refractivity contribution in [1.29, 1.82) is 5.41 Å². The summed E-state index contributed by atoms with van der Waals surface area (Å²) in [6.07, 6.45) is 7.50. The molecule has 2 heterocycles. The van der Waals surface area contributed by atoms with E-state index < -0.39 is 5.91 Å². The van der Waals surface area contributed by atoms with Crippen LogP contribution in [0.25, 0.3) is 6.08 Å². The van der Waals surface area contributed by atoms with Crippen LogP contribution >= 0.6 is 11.8 Å². The van der Waals surface area contributed by atoms with Gasteiger partial charge in [0.25, 0.3) is 5.91 Å². The summed E-state index contributed by atoms with van der Waals surface area (Å²) in [5.41, 5.74) is 2.03. The lowest BCUT2D eigenvalue weighted by molar-refractivity contribution is -0.114. The highest BCUT2D eigenvalue weighted by molar-refractivity contribution is 8.27. The van der Waals surface area contributed by atoms with Crippen LogP contribution in [0.5, 0.6) is 17.2 Å². The molecule has 1 amide bonds. The van der Waals surface area contributed by atoms with Crippen LogP contribution in [-0.2, 0) is 4.79 Å². The lowest BCUT2D eigenvalue weighted by Gasteiger charge is -2.20. The van der Waals surface area contributed by atoms with Gasteiger partial charge in [-0.2, -0.15) is 15.1 Å². The van der Waals surface area contributed by atoms with E-state index in [-0.39, 0.29) is 11.4 Å². The summed E-state index contributed by atoms with van der Waals surface area (Å²) in [6, 6.07) is 13.2. The summed E-state index contributed by atoms with van der Waals surface area (Å²) < 4.78 is 17.1. The lowest BCUT2D eigenvalue weighted by atomic mass is 9.90. The van der Waals surface area contributed by atoms with Crippen LogP contribution in [0.1, 0.15) is 43.2 Å². The molecule has 2 aromatic carbocycles. The number of hydrogen-bond acceptors (Lipinski definition) is 7. The molecule has 0 atom stereocenters. The van der Waals surface area contributed by atoms with Crippen molar-refractivity contribution in [3.8, 4) is 17.2 Å². The van der Waals surface area contributed by atoms with Crippen LogP contribution in [0, 0.1) is 18.3 Å². The first-order valence-electron chi connectivity index (χ1n) is 12.5. The number of nitrogens with one attached hydrogen (secondary N) is 1. The topological polar surface area (TPSA) is 96.6 Å². The number of aryl methyl sites for hydroxylation is 1. The maximum absolute atomic E-state index is 12.8. The van der Waals surface area contributed by atoms with Crippen LogP contribution in [0.3, 0.4) is 0 Å². The van der Waals surface area contributed by atoms with Crippen molar-refractivity contribution in [3.05, 3.63) is 59.2 Å². The van der Waals surface area contributed by atoms with E-state index in [1.54, 1.807) is 25.3 Å². The maximum Gasteiger partial charge on any atom is 0.283 e. The van der Waals surface area contributed by atoms with Gasteiger partial charge in [-0.25, -0.2) is 0 Å². The molecule has 0 saturated heterocycles. The molecule has 0 bridgehead atoms. The number of amides is 1. The molecule has 8 nitrogen and oxygen atoms in total. The van der Waals surface area contributed by atoms with Crippen LogP contribution in [0.4, 0.5) is 0 Å². The van der Waals surface area contributed by atoms with E-state index in [1.165, 1.54) is 36.0 Å². The fraction of sp³-hybridized carbons (Fsp3) is 0.357. The quantitative estimate of drug-likeness (QED) is 0.358. The normalized spacial score (nSPS) is 19.0. The number of nitrogens with zero attached hydrogens (tertiary/aromatic N) is 3. The summed E-state index contributed by atoms with van der Waals surface area (Å²) in [7, 11) is 1.57. The molecule has 5 rings (SSSR count). The van der Waals surface area contributed by atoms with Crippen molar-refractivity contribution in [3.63, 3.8) is 0 Å². The number of hydrazone groups is 1. The third kappa shape index (κ3) is 5.72. The van der Waals surface area contributed by atoms with Crippen molar-refractivity contribution in [2.24, 2.45) is 16.0 Å². The third-order valence-corrected chi connectivity index (χ3v) is 7.59. The van der Waals surface area contributed by atoms with Gasteiger partial charge in [-0.3, -0.25) is 10.2 Å². The molecule has 2 aromatic rings. The van der Waals surface area contributed by atoms with Gasteiger partial charge < -0.3 is 14.2 Å². The number of rotatable bonds is 8. The minimum absolute atomic E-state index is 0.0425. The zero-order valence-electron chi connectivity index (χ0n) is 21.0. The Morgan fingerprint density at radius 2 is 1.89 bits per heavy atom. The zero-order chi connectivity index (χ0) is 25.8. The van der Waals surface area contributed by atoms with Gasteiger partial charge in [0.05, 0.1) is 12.7 Å². The first-order valence-corrected chi connectivity index (χ1v) is 13.3. The fourth-order valence-electron chi connectivity index (χ4n) is 4.60. The number of amidine groups is 2. The van der Waals surface area contributed by atoms with Crippen molar-refractivity contribution >= 4 is 39.8 Å². The summed E-state index contributed by atoms with van der Waals surface area (Å²) in [4.78, 5) is 17.0. The first-order chi connectivity index (χ1) is 18.0. The second-order valence-electron chi connectivity index (χ2n) is 9.22. The van der Waals surface area contributed by atoms with Gasteiger partial charge in [0.2, 0.25) is 5.17 Å². The van der Waals surface area contributed by atoms with E-state index in [0.29, 0.717) is 41.4 Å². The predicted molar refractivity (Wildman–Crippen MR) is 147 cm³/mol. The Kier molecular flexibility index (Phi) is 7.60. The largest absolute Gasteiger partial charge is 0.493 e. The lowest BCUT2D eigenvalue weighted by Crippen LogP contribution is -2.35. The van der Waals surface area contributed by atoms with Crippen LogP contribution in [-0.4, -0.2) is 47.3 Å². The van der Waals surface area contributed by atoms with Gasteiger partial charge in [-0.1, -0.05) is 37.5 Å². The standard InChI is InChI=1S/C28H30N4O4S/c1-18-7-6-10-21(15-18)35-13-14-36-23-12-11-19(17-24(23)34-2)16-22-25(29)32-28(30-26(22)33)37-27(31-32)20-8-4-3-5-9-20/h6-7,10-12,15-17,20,29H,3-5,8-9,13-14H2,1-2H3. The van der Waals surface area contributed by atoms with Crippen LogP contribution in [0.15, 0.2) is 58.1 Å². The molecule has 9 heteroatoms. The molecule has 1 fully saturated rings. The van der Waals surface area contributed by atoms with Crippen molar-refractivity contribution in [2.75, 3.05) is 20.3 Å². The number of carbonyl (C=O) groups is 1. The first kappa shape index (κ1) is 25.1. The van der Waals surface area contributed by atoms with E-state index in [4.69, 9.17) is 19.6 Å². The Bertz CT molecular complexity index is 1300. The highest BCUT2D eigenvalue weighted by atomic mass is 32.2. The average Bonchev–Trinajstić information content (AvgIpc) is 3.34. The molecule has 0 spiro atoms. The van der Waals surface area contributed by atoms with Gasteiger partial charge in [0, 0.05) is 5.92 Å². The Labute approximate surface area is 220 Å². The van der Waals surface area contributed by atoms with Gasteiger partial charge in [0.1, 0.15) is 24.0 Å². The van der Waals surface area contributed by atoms with E-state index in [2.05, 4.69) is 10.1 Å². The molecule has 0 unspecified atom stereocenters. The number of hydrogen-bond donors (Lipinski definition) is 1. The fourth-order valence-corrected chi connectivity index (χ4v) is 5.66. The minimum Gasteiger partial charge on any atom is -0.493 e. The molecule has 1 N–H and O–H groups in total. The van der Waals surface area contributed by atoms with Crippen LogP contribution < -0.4 is 14.2 Å². The number of benzene rings is 2. The van der Waals surface area contributed by atoms with E-state index >= 15 is 0 Å². The number of fused-ring (bicyclic) bond motifs is 1. The van der Waals surface area contributed by atoms with Gasteiger partial charge in [-0.05, 0) is 73.0 Å². The summed E-state index contributed by atoms with van der Waals surface area (Å²) in [5.74, 6) is 1.90. The molecule has 0 radical (unpaired) electrons. The van der Waals surface area contributed by atoms with Crippen LogP contribution in [0.2, 0.25) is 0 Å². The zero-order valence-corrected chi connectivity index (χ0v) is 21.8. The number of methoxy groups -OCH3 is 1.